The van der Waals surface area contributed by atoms with Gasteiger partial charge in [0.25, 0.3) is 10.2 Å². The number of piperidine rings is 3. The van der Waals surface area contributed by atoms with Crippen LogP contribution in [0.25, 0.3) is 0 Å². The molecule has 0 N–H and O–H groups in total. The summed E-state index contributed by atoms with van der Waals surface area (Å²) >= 11 is 0. The highest BCUT2D eigenvalue weighted by Crippen LogP contribution is 2.47. The van der Waals surface area contributed by atoms with Gasteiger partial charge in [-0.05, 0) is 37.4 Å². The fraction of sp³-hybridized carbons (Fsp3) is 0.684. The molecule has 26 heavy (non-hydrogen) atoms. The highest BCUT2D eigenvalue weighted by Gasteiger charge is 2.57. The molecule has 5 heterocycles. The second-order valence-corrected chi connectivity index (χ2v) is 9.84. The van der Waals surface area contributed by atoms with Crippen LogP contribution in [0.2, 0.25) is 0 Å². The normalized spacial score (nSPS) is 38.4. The summed E-state index contributed by atoms with van der Waals surface area (Å²) in [5, 5.41) is 0. The van der Waals surface area contributed by atoms with Crippen molar-refractivity contribution in [3.05, 3.63) is 35.9 Å². The molecule has 2 bridgehead atoms. The van der Waals surface area contributed by atoms with Gasteiger partial charge in [-0.25, -0.2) is 0 Å². The highest BCUT2D eigenvalue weighted by atomic mass is 32.2. The Bertz CT molecular complexity index is 743. The van der Waals surface area contributed by atoms with Gasteiger partial charge in [-0.15, -0.1) is 0 Å². The SMILES string of the molecule is O=S(=O)(N1CCOCC1)N1C[C@@H](c2ccccc2)[C@@H]2[C@H]1C1CCN2CC1. The minimum atomic E-state index is -3.44. The van der Waals surface area contributed by atoms with E-state index in [2.05, 4.69) is 29.2 Å². The Balaban J connectivity index is 1.52. The van der Waals surface area contributed by atoms with E-state index in [9.17, 15) is 8.42 Å². The van der Waals surface area contributed by atoms with E-state index in [1.807, 2.05) is 10.4 Å². The number of ether oxygens (including phenoxy) is 1. The van der Waals surface area contributed by atoms with E-state index in [1.165, 1.54) is 5.56 Å². The van der Waals surface area contributed by atoms with Crippen LogP contribution in [0.4, 0.5) is 0 Å². The molecule has 0 aromatic heterocycles. The predicted octanol–water partition coefficient (Wildman–Crippen LogP) is 1.13. The van der Waals surface area contributed by atoms with Crippen LogP contribution in [-0.4, -0.2) is 79.9 Å². The second kappa shape index (κ2) is 6.56. The third kappa shape index (κ3) is 2.64. The summed E-state index contributed by atoms with van der Waals surface area (Å²) < 4.78 is 35.8. The van der Waals surface area contributed by atoms with E-state index < -0.39 is 10.2 Å². The molecule has 5 aliphatic rings. The van der Waals surface area contributed by atoms with Gasteiger partial charge in [-0.3, -0.25) is 4.90 Å². The lowest BCUT2D eigenvalue weighted by atomic mass is 9.75. The Morgan fingerprint density at radius 1 is 0.923 bits per heavy atom. The van der Waals surface area contributed by atoms with E-state index in [4.69, 9.17) is 4.74 Å². The molecule has 7 heteroatoms. The summed E-state index contributed by atoms with van der Waals surface area (Å²) in [4.78, 5) is 2.55. The summed E-state index contributed by atoms with van der Waals surface area (Å²) in [7, 11) is -3.44. The van der Waals surface area contributed by atoms with Gasteiger partial charge in [0.05, 0.1) is 13.2 Å². The summed E-state index contributed by atoms with van der Waals surface area (Å²) in [5.74, 6) is 0.759. The third-order valence-corrected chi connectivity index (χ3v) is 8.77. The maximum Gasteiger partial charge on any atom is 0.282 e. The van der Waals surface area contributed by atoms with Crippen molar-refractivity contribution in [2.75, 3.05) is 45.9 Å². The molecule has 5 aliphatic heterocycles. The number of nitrogens with zero attached hydrogens (tertiary/aromatic N) is 3. The lowest BCUT2D eigenvalue weighted by Crippen LogP contribution is -2.62. The Hall–Kier alpha value is -0.990. The Morgan fingerprint density at radius 2 is 1.62 bits per heavy atom. The quantitative estimate of drug-likeness (QED) is 0.792. The van der Waals surface area contributed by atoms with E-state index in [0.717, 1.165) is 25.9 Å². The molecule has 0 amide bonds. The number of benzene rings is 1. The van der Waals surface area contributed by atoms with Crippen LogP contribution >= 0.6 is 0 Å². The average molecular weight is 378 g/mol. The maximum absolute atomic E-state index is 13.5. The Labute approximate surface area is 155 Å². The van der Waals surface area contributed by atoms with Crippen LogP contribution < -0.4 is 0 Å². The fourth-order valence-corrected chi connectivity index (χ4v) is 7.41. The van der Waals surface area contributed by atoms with Crippen molar-refractivity contribution in [3.63, 3.8) is 0 Å². The second-order valence-electron chi connectivity index (χ2n) is 7.96. The molecule has 1 aromatic rings. The van der Waals surface area contributed by atoms with Crippen LogP contribution in [0.15, 0.2) is 30.3 Å². The molecule has 1 aromatic carbocycles. The summed E-state index contributed by atoms with van der Waals surface area (Å²) in [6.45, 7) is 4.77. The first-order valence-corrected chi connectivity index (χ1v) is 11.2. The summed E-state index contributed by atoms with van der Waals surface area (Å²) in [5.41, 5.74) is 1.27. The van der Waals surface area contributed by atoms with Crippen molar-refractivity contribution >= 4 is 10.2 Å². The van der Waals surface area contributed by atoms with Crippen molar-refractivity contribution in [1.29, 1.82) is 0 Å². The number of morpholine rings is 1. The van der Waals surface area contributed by atoms with Gasteiger partial charge in [0.2, 0.25) is 0 Å². The van der Waals surface area contributed by atoms with Crippen molar-refractivity contribution in [1.82, 2.24) is 13.5 Å². The number of fused-ring (bicyclic) bond motifs is 2. The Morgan fingerprint density at radius 3 is 2.31 bits per heavy atom. The first-order chi connectivity index (χ1) is 12.7. The number of hydrogen-bond donors (Lipinski definition) is 0. The van der Waals surface area contributed by atoms with E-state index in [-0.39, 0.29) is 12.0 Å². The molecule has 0 saturated carbocycles. The lowest BCUT2D eigenvalue weighted by molar-refractivity contribution is 0.00948. The molecule has 6 rings (SSSR count). The van der Waals surface area contributed by atoms with Crippen LogP contribution in [0.1, 0.15) is 24.3 Å². The highest BCUT2D eigenvalue weighted by molar-refractivity contribution is 7.86. The van der Waals surface area contributed by atoms with Gasteiger partial charge in [-0.1, -0.05) is 30.3 Å². The van der Waals surface area contributed by atoms with Gasteiger partial charge in [0.15, 0.2) is 0 Å². The minimum absolute atomic E-state index is 0.121. The number of hydrogen-bond acceptors (Lipinski definition) is 4. The Kier molecular flexibility index (Phi) is 4.32. The zero-order chi connectivity index (χ0) is 17.7. The summed E-state index contributed by atoms with van der Waals surface area (Å²) in [6, 6.07) is 10.9. The molecule has 6 nitrogen and oxygen atoms in total. The first kappa shape index (κ1) is 17.1. The zero-order valence-corrected chi connectivity index (χ0v) is 15.9. The molecule has 0 unspecified atom stereocenters. The van der Waals surface area contributed by atoms with Gasteiger partial charge in [-0.2, -0.15) is 17.0 Å². The molecule has 0 aliphatic carbocycles. The smallest absolute Gasteiger partial charge is 0.282 e. The van der Waals surface area contributed by atoms with Crippen LogP contribution in [-0.2, 0) is 14.9 Å². The predicted molar refractivity (Wildman–Crippen MR) is 99.1 cm³/mol. The maximum atomic E-state index is 13.5. The van der Waals surface area contributed by atoms with Crippen molar-refractivity contribution in [3.8, 4) is 0 Å². The first-order valence-electron chi connectivity index (χ1n) is 9.80. The van der Waals surface area contributed by atoms with Crippen molar-refractivity contribution in [2.24, 2.45) is 5.92 Å². The molecule has 5 fully saturated rings. The molecular formula is C19H27N3O3S. The standard InChI is InChI=1S/C19H27N3O3S/c23-26(24,21-10-12-25-13-11-21)22-14-17(15-4-2-1-3-5-15)19-18(22)16-6-8-20(19)9-7-16/h1-5,16-19H,6-14H2/t17-,18+,19+/m0/s1. The van der Waals surface area contributed by atoms with Crippen LogP contribution in [0, 0.1) is 5.92 Å². The molecule has 142 valence electrons. The van der Waals surface area contributed by atoms with E-state index in [0.29, 0.717) is 44.8 Å². The largest absolute Gasteiger partial charge is 0.379 e. The minimum Gasteiger partial charge on any atom is -0.379 e. The van der Waals surface area contributed by atoms with Crippen LogP contribution in [0.3, 0.4) is 0 Å². The summed E-state index contributed by atoms with van der Waals surface area (Å²) in [6.07, 6.45) is 2.25. The van der Waals surface area contributed by atoms with Gasteiger partial charge < -0.3 is 4.74 Å². The molecule has 5 saturated heterocycles. The lowest BCUT2D eigenvalue weighted by Gasteiger charge is -2.51. The number of rotatable bonds is 3. The zero-order valence-electron chi connectivity index (χ0n) is 15.0. The monoisotopic (exact) mass is 377 g/mol. The van der Waals surface area contributed by atoms with Gasteiger partial charge >= 0.3 is 0 Å². The fourth-order valence-electron chi connectivity index (χ4n) is 5.55. The van der Waals surface area contributed by atoms with Gasteiger partial charge in [0.1, 0.15) is 0 Å². The van der Waals surface area contributed by atoms with Crippen molar-refractivity contribution < 1.29 is 13.2 Å². The molecule has 0 radical (unpaired) electrons. The van der Waals surface area contributed by atoms with Crippen LogP contribution in [0.5, 0.6) is 0 Å². The molecule has 0 spiro atoms. The average Bonchev–Trinajstić information content (AvgIpc) is 3.14. The third-order valence-electron chi connectivity index (χ3n) is 6.77. The topological polar surface area (TPSA) is 53.1 Å². The van der Waals surface area contributed by atoms with E-state index in [1.54, 1.807) is 4.31 Å². The molecule has 3 atom stereocenters. The van der Waals surface area contributed by atoms with Gasteiger partial charge in [0, 0.05) is 37.6 Å². The van der Waals surface area contributed by atoms with E-state index >= 15 is 0 Å². The van der Waals surface area contributed by atoms with Crippen molar-refractivity contribution in [2.45, 2.75) is 30.8 Å². The molecular weight excluding hydrogens is 350 g/mol.